The Morgan fingerprint density at radius 2 is 2.00 bits per heavy atom. The van der Waals surface area contributed by atoms with Crippen LogP contribution in [0.15, 0.2) is 0 Å². The van der Waals surface area contributed by atoms with E-state index in [1.54, 1.807) is 0 Å². The molecule has 2 bridgehead atoms. The van der Waals surface area contributed by atoms with Crippen LogP contribution in [0.25, 0.3) is 0 Å². The lowest BCUT2D eigenvalue weighted by molar-refractivity contribution is -0.127. The van der Waals surface area contributed by atoms with E-state index in [4.69, 9.17) is 0 Å². The lowest BCUT2D eigenvalue weighted by Gasteiger charge is -2.24. The second kappa shape index (κ2) is 6.05. The van der Waals surface area contributed by atoms with Crippen molar-refractivity contribution in [2.75, 3.05) is 6.54 Å². The monoisotopic (exact) mass is 253 g/mol. The number of rotatable bonds is 6. The van der Waals surface area contributed by atoms with Gasteiger partial charge in [0.15, 0.2) is 0 Å². The van der Waals surface area contributed by atoms with E-state index >= 15 is 0 Å². The van der Waals surface area contributed by atoms with E-state index in [1.165, 1.54) is 19.3 Å². The quantitative estimate of drug-likeness (QED) is 0.763. The molecule has 0 aromatic carbocycles. The fraction of sp³-hybridized carbons (Fsp3) is 0.933. The maximum Gasteiger partial charge on any atom is 0.223 e. The number of carbonyl (C=O) groups is 1. The zero-order valence-corrected chi connectivity index (χ0v) is 11.7. The minimum Gasteiger partial charge on any atom is -0.391 e. The molecule has 18 heavy (non-hydrogen) atoms. The lowest BCUT2D eigenvalue weighted by atomic mass is 9.88. The minimum atomic E-state index is -0.387. The van der Waals surface area contributed by atoms with Gasteiger partial charge < -0.3 is 10.4 Å². The fourth-order valence-electron chi connectivity index (χ4n) is 3.90. The topological polar surface area (TPSA) is 49.3 Å². The van der Waals surface area contributed by atoms with Gasteiger partial charge in [0.05, 0.1) is 6.10 Å². The Morgan fingerprint density at radius 3 is 2.50 bits per heavy atom. The third-order valence-electron chi connectivity index (χ3n) is 5.15. The highest BCUT2D eigenvalue weighted by Gasteiger charge is 2.42. The van der Waals surface area contributed by atoms with Crippen molar-refractivity contribution < 1.29 is 9.90 Å². The Labute approximate surface area is 110 Å². The maximum absolute atomic E-state index is 12.1. The number of hydrogen-bond acceptors (Lipinski definition) is 2. The van der Waals surface area contributed by atoms with Crippen LogP contribution in [0.4, 0.5) is 0 Å². The van der Waals surface area contributed by atoms with Gasteiger partial charge in [0.2, 0.25) is 5.91 Å². The number of aliphatic hydroxyl groups is 1. The Hall–Kier alpha value is -0.570. The zero-order chi connectivity index (χ0) is 13.1. The molecular formula is C15H27NO2. The summed E-state index contributed by atoms with van der Waals surface area (Å²) in [5.41, 5.74) is 0. The van der Waals surface area contributed by atoms with Crippen molar-refractivity contribution in [2.45, 2.75) is 58.5 Å². The van der Waals surface area contributed by atoms with Crippen molar-refractivity contribution in [2.24, 2.45) is 23.7 Å². The van der Waals surface area contributed by atoms with Crippen LogP contribution in [-0.2, 0) is 4.79 Å². The van der Waals surface area contributed by atoms with Gasteiger partial charge in [0, 0.05) is 12.5 Å². The third-order valence-corrected chi connectivity index (χ3v) is 5.15. The van der Waals surface area contributed by atoms with E-state index in [-0.39, 0.29) is 17.9 Å². The summed E-state index contributed by atoms with van der Waals surface area (Å²) in [6, 6.07) is 0. The molecule has 0 aliphatic heterocycles. The Morgan fingerprint density at radius 1 is 1.28 bits per heavy atom. The van der Waals surface area contributed by atoms with Crippen molar-refractivity contribution >= 4 is 5.91 Å². The number of hydrogen-bond donors (Lipinski definition) is 2. The number of carbonyl (C=O) groups excluding carboxylic acids is 1. The predicted molar refractivity (Wildman–Crippen MR) is 72.0 cm³/mol. The number of amides is 1. The first kappa shape index (κ1) is 13.9. The molecule has 0 saturated heterocycles. The Balaban J connectivity index is 1.75. The molecule has 1 amide bonds. The summed E-state index contributed by atoms with van der Waals surface area (Å²) in [6.45, 7) is 4.61. The Kier molecular flexibility index (Phi) is 4.66. The normalized spacial score (nSPS) is 31.9. The first-order valence-electron chi connectivity index (χ1n) is 7.61. The van der Waals surface area contributed by atoms with Crippen molar-refractivity contribution in [1.82, 2.24) is 5.32 Å². The highest BCUT2D eigenvalue weighted by Crippen LogP contribution is 2.48. The predicted octanol–water partition coefficient (Wildman–Crippen LogP) is 2.34. The summed E-state index contributed by atoms with van der Waals surface area (Å²) < 4.78 is 0. The van der Waals surface area contributed by atoms with Gasteiger partial charge in [-0.05, 0) is 37.0 Å². The van der Waals surface area contributed by atoms with E-state index in [1.807, 2.05) is 0 Å². The first-order chi connectivity index (χ1) is 8.65. The van der Waals surface area contributed by atoms with E-state index < -0.39 is 0 Å². The highest BCUT2D eigenvalue weighted by molar-refractivity contribution is 5.79. The van der Waals surface area contributed by atoms with E-state index in [2.05, 4.69) is 19.2 Å². The molecule has 2 N–H and O–H groups in total. The van der Waals surface area contributed by atoms with Crippen LogP contribution >= 0.6 is 0 Å². The molecule has 3 heteroatoms. The van der Waals surface area contributed by atoms with Gasteiger partial charge in [0.25, 0.3) is 0 Å². The molecule has 0 aromatic heterocycles. The van der Waals surface area contributed by atoms with Gasteiger partial charge in [-0.15, -0.1) is 0 Å². The van der Waals surface area contributed by atoms with E-state index in [0.717, 1.165) is 25.2 Å². The van der Waals surface area contributed by atoms with Crippen LogP contribution in [0, 0.1) is 23.7 Å². The zero-order valence-electron chi connectivity index (χ0n) is 11.7. The van der Waals surface area contributed by atoms with Crippen LogP contribution in [-0.4, -0.2) is 23.7 Å². The molecule has 0 aromatic rings. The second-order valence-corrected chi connectivity index (χ2v) is 6.17. The molecular weight excluding hydrogens is 226 g/mol. The van der Waals surface area contributed by atoms with Gasteiger partial charge >= 0.3 is 0 Å². The van der Waals surface area contributed by atoms with Crippen molar-refractivity contribution in [3.63, 3.8) is 0 Å². The standard InChI is InChI=1S/C15H27NO2/c1-3-11(4-2)14(17)9-16-15(18)13-8-10-5-6-12(13)7-10/h10-14,17H,3-9H2,1-2H3,(H,16,18). The smallest absolute Gasteiger partial charge is 0.223 e. The molecule has 2 aliphatic rings. The summed E-state index contributed by atoms with van der Waals surface area (Å²) in [5, 5.41) is 13.0. The first-order valence-corrected chi connectivity index (χ1v) is 7.61. The molecule has 2 fully saturated rings. The summed E-state index contributed by atoms with van der Waals surface area (Å²) in [7, 11) is 0. The summed E-state index contributed by atoms with van der Waals surface area (Å²) in [5.74, 6) is 2.16. The fourth-order valence-corrected chi connectivity index (χ4v) is 3.90. The minimum absolute atomic E-state index is 0.187. The maximum atomic E-state index is 12.1. The van der Waals surface area contributed by atoms with Crippen LogP contribution in [0.3, 0.4) is 0 Å². The molecule has 4 unspecified atom stereocenters. The number of nitrogens with one attached hydrogen (secondary N) is 1. The summed E-state index contributed by atoms with van der Waals surface area (Å²) >= 11 is 0. The molecule has 3 nitrogen and oxygen atoms in total. The van der Waals surface area contributed by atoms with Gasteiger partial charge in [-0.2, -0.15) is 0 Å². The van der Waals surface area contributed by atoms with Gasteiger partial charge in [0.1, 0.15) is 0 Å². The third kappa shape index (κ3) is 2.87. The van der Waals surface area contributed by atoms with Crippen LogP contribution in [0.1, 0.15) is 52.4 Å². The lowest BCUT2D eigenvalue weighted by Crippen LogP contribution is -2.40. The highest BCUT2D eigenvalue weighted by atomic mass is 16.3. The largest absolute Gasteiger partial charge is 0.391 e. The molecule has 4 atom stereocenters. The molecule has 2 aliphatic carbocycles. The van der Waals surface area contributed by atoms with E-state index in [9.17, 15) is 9.90 Å². The SMILES string of the molecule is CCC(CC)C(O)CNC(=O)C1CC2CCC1C2. The van der Waals surface area contributed by atoms with Crippen molar-refractivity contribution in [1.29, 1.82) is 0 Å². The van der Waals surface area contributed by atoms with Gasteiger partial charge in [-0.3, -0.25) is 4.79 Å². The van der Waals surface area contributed by atoms with Crippen LogP contribution in [0.2, 0.25) is 0 Å². The average molecular weight is 253 g/mol. The molecule has 2 rings (SSSR count). The van der Waals surface area contributed by atoms with Crippen LogP contribution in [0.5, 0.6) is 0 Å². The number of fused-ring (bicyclic) bond motifs is 2. The van der Waals surface area contributed by atoms with Crippen LogP contribution < -0.4 is 5.32 Å². The van der Waals surface area contributed by atoms with Gasteiger partial charge in [-0.25, -0.2) is 0 Å². The molecule has 0 heterocycles. The molecule has 104 valence electrons. The Bertz CT molecular complexity index is 288. The molecule has 2 saturated carbocycles. The van der Waals surface area contributed by atoms with Gasteiger partial charge in [-0.1, -0.05) is 33.1 Å². The van der Waals surface area contributed by atoms with E-state index in [0.29, 0.717) is 18.4 Å². The van der Waals surface area contributed by atoms with Crippen molar-refractivity contribution in [3.05, 3.63) is 0 Å². The summed E-state index contributed by atoms with van der Waals surface area (Å²) in [6.07, 6.45) is 6.46. The molecule has 0 spiro atoms. The average Bonchev–Trinajstić information content (AvgIpc) is 2.99. The second-order valence-electron chi connectivity index (χ2n) is 6.17. The summed E-state index contributed by atoms with van der Waals surface area (Å²) in [4.78, 5) is 12.1. The van der Waals surface area contributed by atoms with Crippen molar-refractivity contribution in [3.8, 4) is 0 Å². The molecule has 0 radical (unpaired) electrons. The number of aliphatic hydroxyl groups excluding tert-OH is 1.